The van der Waals surface area contributed by atoms with Crippen molar-refractivity contribution in [3.05, 3.63) is 23.2 Å². The molecule has 0 aromatic heterocycles. The number of fused-ring (bicyclic) bond motifs is 1. The van der Waals surface area contributed by atoms with Crippen LogP contribution in [0.25, 0.3) is 0 Å². The van der Waals surface area contributed by atoms with E-state index in [1.165, 1.54) is 5.57 Å². The predicted molar refractivity (Wildman–Crippen MR) is 62.3 cm³/mol. The minimum Gasteiger partial charge on any atom is -0.504 e. The van der Waals surface area contributed by atoms with Crippen LogP contribution in [0.2, 0.25) is 0 Å². The van der Waals surface area contributed by atoms with Crippen molar-refractivity contribution in [1.29, 1.82) is 0 Å². The first kappa shape index (κ1) is 10.9. The standard InChI is InChI=1S/C11H17NO2S/c1-3-4-8-5-9(13)11-10(6-8)15-7(2)12-14-11/h5,7,10,12-13H,3-4,6H2,1-2H3. The summed E-state index contributed by atoms with van der Waals surface area (Å²) in [6.07, 6.45) is 5.05. The van der Waals surface area contributed by atoms with E-state index in [1.807, 2.05) is 17.8 Å². The molecule has 2 atom stereocenters. The third-order valence-corrected chi connectivity index (χ3v) is 3.82. The maximum atomic E-state index is 9.81. The van der Waals surface area contributed by atoms with Crippen LogP contribution >= 0.6 is 11.8 Å². The molecule has 0 amide bonds. The zero-order valence-electron chi connectivity index (χ0n) is 9.12. The van der Waals surface area contributed by atoms with Crippen molar-refractivity contribution in [2.75, 3.05) is 0 Å². The monoisotopic (exact) mass is 227 g/mol. The maximum absolute atomic E-state index is 9.81. The van der Waals surface area contributed by atoms with Crippen LogP contribution in [0.15, 0.2) is 23.2 Å². The zero-order chi connectivity index (χ0) is 10.8. The van der Waals surface area contributed by atoms with Crippen LogP contribution in [0.5, 0.6) is 0 Å². The summed E-state index contributed by atoms with van der Waals surface area (Å²) in [7, 11) is 0. The molecule has 0 bridgehead atoms. The molecule has 2 rings (SSSR count). The highest BCUT2D eigenvalue weighted by atomic mass is 32.2. The molecule has 2 unspecified atom stereocenters. The number of hydrogen-bond donors (Lipinski definition) is 2. The van der Waals surface area contributed by atoms with Gasteiger partial charge in [-0.25, -0.2) is 0 Å². The number of thioether (sulfide) groups is 1. The predicted octanol–water partition coefficient (Wildman–Crippen LogP) is 2.87. The summed E-state index contributed by atoms with van der Waals surface area (Å²) in [6, 6.07) is 0. The number of nitrogens with one attached hydrogen (secondary N) is 1. The average Bonchev–Trinajstić information content (AvgIpc) is 2.17. The van der Waals surface area contributed by atoms with E-state index in [9.17, 15) is 5.11 Å². The Morgan fingerprint density at radius 1 is 1.67 bits per heavy atom. The first-order valence-electron chi connectivity index (χ1n) is 5.41. The molecule has 0 aromatic carbocycles. The minimum atomic E-state index is 0.285. The Balaban J connectivity index is 2.16. The summed E-state index contributed by atoms with van der Waals surface area (Å²) in [6.45, 7) is 4.22. The molecule has 1 aliphatic heterocycles. The number of allylic oxidation sites excluding steroid dienone is 2. The molecule has 4 heteroatoms. The quantitative estimate of drug-likeness (QED) is 0.761. The van der Waals surface area contributed by atoms with E-state index in [2.05, 4.69) is 19.3 Å². The summed E-state index contributed by atoms with van der Waals surface area (Å²) < 4.78 is 0. The van der Waals surface area contributed by atoms with Crippen molar-refractivity contribution in [2.24, 2.45) is 0 Å². The van der Waals surface area contributed by atoms with Gasteiger partial charge in [0.1, 0.15) is 0 Å². The van der Waals surface area contributed by atoms with Gasteiger partial charge in [0, 0.05) is 0 Å². The zero-order valence-corrected chi connectivity index (χ0v) is 9.93. The molecule has 2 aliphatic rings. The fourth-order valence-corrected chi connectivity index (χ4v) is 3.16. The molecule has 1 aliphatic carbocycles. The van der Waals surface area contributed by atoms with Gasteiger partial charge in [0.25, 0.3) is 0 Å². The summed E-state index contributed by atoms with van der Waals surface area (Å²) in [4.78, 5) is 5.35. The molecule has 84 valence electrons. The molecule has 3 nitrogen and oxygen atoms in total. The van der Waals surface area contributed by atoms with E-state index in [4.69, 9.17) is 4.84 Å². The fourth-order valence-electron chi connectivity index (χ4n) is 1.96. The van der Waals surface area contributed by atoms with Gasteiger partial charge >= 0.3 is 0 Å². The molecule has 0 spiro atoms. The summed E-state index contributed by atoms with van der Waals surface area (Å²) in [5.41, 5.74) is 4.20. The highest BCUT2D eigenvalue weighted by Gasteiger charge is 2.31. The van der Waals surface area contributed by atoms with Crippen LogP contribution in [0.4, 0.5) is 0 Å². The van der Waals surface area contributed by atoms with Crippen LogP contribution in [0.3, 0.4) is 0 Å². The Morgan fingerprint density at radius 2 is 2.47 bits per heavy atom. The maximum Gasteiger partial charge on any atom is 0.179 e. The first-order valence-corrected chi connectivity index (χ1v) is 6.35. The Hall–Kier alpha value is -0.610. The number of hydroxylamine groups is 1. The molecule has 15 heavy (non-hydrogen) atoms. The van der Waals surface area contributed by atoms with Crippen LogP contribution in [0, 0.1) is 0 Å². The molecular formula is C11H17NO2S. The largest absolute Gasteiger partial charge is 0.504 e. The number of rotatable bonds is 2. The lowest BCUT2D eigenvalue weighted by Gasteiger charge is -2.32. The van der Waals surface area contributed by atoms with Crippen molar-refractivity contribution >= 4 is 11.8 Å². The second-order valence-electron chi connectivity index (χ2n) is 3.99. The SMILES string of the molecule is CCCC1=CC(O)=C2ONC(C)SC2C1. The first-order chi connectivity index (χ1) is 7.20. The number of aliphatic hydroxyl groups excluding tert-OH is 1. The third kappa shape index (κ3) is 2.32. The molecule has 1 saturated heterocycles. The molecule has 0 saturated carbocycles. The molecule has 0 aromatic rings. The van der Waals surface area contributed by atoms with Gasteiger partial charge in [-0.05, 0) is 25.8 Å². The smallest absolute Gasteiger partial charge is 0.179 e. The lowest BCUT2D eigenvalue weighted by Crippen LogP contribution is -2.35. The topological polar surface area (TPSA) is 41.5 Å². The molecule has 1 fully saturated rings. The summed E-state index contributed by atoms with van der Waals surface area (Å²) in [5.74, 6) is 0.986. The molecule has 1 heterocycles. The number of aliphatic hydroxyl groups is 1. The minimum absolute atomic E-state index is 0.285. The fraction of sp³-hybridized carbons (Fsp3) is 0.636. The van der Waals surface area contributed by atoms with E-state index >= 15 is 0 Å². The van der Waals surface area contributed by atoms with Crippen LogP contribution in [-0.2, 0) is 4.84 Å². The Kier molecular flexibility index (Phi) is 3.26. The van der Waals surface area contributed by atoms with Gasteiger partial charge in [-0.1, -0.05) is 18.9 Å². The van der Waals surface area contributed by atoms with E-state index in [0.717, 1.165) is 19.3 Å². The van der Waals surface area contributed by atoms with Crippen LogP contribution in [-0.4, -0.2) is 15.7 Å². The van der Waals surface area contributed by atoms with E-state index in [1.54, 1.807) is 0 Å². The van der Waals surface area contributed by atoms with Crippen LogP contribution in [0.1, 0.15) is 33.1 Å². The van der Waals surface area contributed by atoms with E-state index in [0.29, 0.717) is 11.5 Å². The van der Waals surface area contributed by atoms with Gasteiger partial charge in [0.05, 0.1) is 10.6 Å². The highest BCUT2D eigenvalue weighted by molar-refractivity contribution is 8.00. The molecule has 2 N–H and O–H groups in total. The second-order valence-corrected chi connectivity index (χ2v) is 5.54. The van der Waals surface area contributed by atoms with Gasteiger partial charge in [-0.3, -0.25) is 0 Å². The van der Waals surface area contributed by atoms with Gasteiger partial charge < -0.3 is 9.94 Å². The lowest BCUT2D eigenvalue weighted by molar-refractivity contribution is 0.0767. The molecular weight excluding hydrogens is 210 g/mol. The lowest BCUT2D eigenvalue weighted by atomic mass is 9.98. The van der Waals surface area contributed by atoms with E-state index < -0.39 is 0 Å². The van der Waals surface area contributed by atoms with E-state index in [-0.39, 0.29) is 10.6 Å². The second kappa shape index (κ2) is 4.49. The Morgan fingerprint density at radius 3 is 3.20 bits per heavy atom. The van der Waals surface area contributed by atoms with Gasteiger partial charge in [0.2, 0.25) is 0 Å². The normalized spacial score (nSPS) is 30.7. The Labute approximate surface area is 94.5 Å². The van der Waals surface area contributed by atoms with Crippen molar-refractivity contribution in [3.8, 4) is 0 Å². The Bertz CT molecular complexity index is 312. The van der Waals surface area contributed by atoms with Gasteiger partial charge in [-0.15, -0.1) is 17.2 Å². The summed E-state index contributed by atoms with van der Waals surface area (Å²) in [5, 5.41) is 10.4. The van der Waals surface area contributed by atoms with Crippen molar-refractivity contribution in [1.82, 2.24) is 5.48 Å². The van der Waals surface area contributed by atoms with Gasteiger partial charge in [0.15, 0.2) is 11.5 Å². The van der Waals surface area contributed by atoms with Gasteiger partial charge in [-0.2, -0.15) is 0 Å². The van der Waals surface area contributed by atoms with Crippen molar-refractivity contribution in [2.45, 2.75) is 43.7 Å². The third-order valence-electron chi connectivity index (χ3n) is 2.61. The molecule has 0 radical (unpaired) electrons. The van der Waals surface area contributed by atoms with Crippen molar-refractivity contribution < 1.29 is 9.94 Å². The number of hydrogen-bond acceptors (Lipinski definition) is 4. The average molecular weight is 227 g/mol. The summed E-state index contributed by atoms with van der Waals surface area (Å²) >= 11 is 1.81. The highest BCUT2D eigenvalue weighted by Crippen LogP contribution is 2.38. The van der Waals surface area contributed by atoms with Crippen LogP contribution < -0.4 is 5.48 Å². The van der Waals surface area contributed by atoms with Crippen molar-refractivity contribution in [3.63, 3.8) is 0 Å².